The van der Waals surface area contributed by atoms with Gasteiger partial charge in [-0.1, -0.05) is 13.3 Å². The molecule has 1 saturated carbocycles. The van der Waals surface area contributed by atoms with Crippen molar-refractivity contribution in [2.24, 2.45) is 17.1 Å². The maximum Gasteiger partial charge on any atom is 0.279 e. The van der Waals surface area contributed by atoms with Crippen molar-refractivity contribution in [3.8, 4) is 0 Å². The van der Waals surface area contributed by atoms with E-state index in [1.165, 1.54) is 12.1 Å². The molecule has 2 atom stereocenters. The Morgan fingerprint density at radius 3 is 2.52 bits per heavy atom. The summed E-state index contributed by atoms with van der Waals surface area (Å²) in [4.78, 5) is 20.8. The Labute approximate surface area is 122 Å². The molecule has 1 fully saturated rings. The van der Waals surface area contributed by atoms with E-state index < -0.39 is 9.85 Å². The Hall–Kier alpha value is -2.02. The van der Waals surface area contributed by atoms with Crippen LogP contribution in [-0.2, 0) is 6.42 Å². The van der Waals surface area contributed by atoms with E-state index in [2.05, 4.69) is 6.92 Å². The smallest absolute Gasteiger partial charge is 0.279 e. The second kappa shape index (κ2) is 5.77. The number of rotatable bonds is 5. The van der Waals surface area contributed by atoms with E-state index in [9.17, 15) is 20.2 Å². The molecule has 1 aromatic carbocycles. The van der Waals surface area contributed by atoms with Gasteiger partial charge in [0, 0.05) is 11.6 Å². The van der Waals surface area contributed by atoms with Crippen LogP contribution in [0.3, 0.4) is 0 Å². The lowest BCUT2D eigenvalue weighted by molar-refractivity contribution is -0.394. The average molecular weight is 293 g/mol. The Kier molecular flexibility index (Phi) is 4.22. The van der Waals surface area contributed by atoms with E-state index in [0.717, 1.165) is 25.3 Å². The summed E-state index contributed by atoms with van der Waals surface area (Å²) < 4.78 is 0. The number of benzene rings is 1. The summed E-state index contributed by atoms with van der Waals surface area (Å²) in [6.07, 6.45) is 3.45. The van der Waals surface area contributed by atoms with Crippen LogP contribution in [0.2, 0.25) is 0 Å². The number of nitro benzene ring substituents is 2. The van der Waals surface area contributed by atoms with Gasteiger partial charge in [-0.05, 0) is 43.2 Å². The van der Waals surface area contributed by atoms with Gasteiger partial charge >= 0.3 is 0 Å². The molecule has 1 aromatic rings. The van der Waals surface area contributed by atoms with Gasteiger partial charge in [-0.15, -0.1) is 0 Å². The van der Waals surface area contributed by atoms with Gasteiger partial charge in [-0.25, -0.2) is 0 Å². The Bertz CT molecular complexity index is 575. The molecule has 0 radical (unpaired) electrons. The molecule has 0 aliphatic heterocycles. The molecule has 1 aliphatic rings. The van der Waals surface area contributed by atoms with Crippen molar-refractivity contribution in [2.75, 3.05) is 6.54 Å². The summed E-state index contributed by atoms with van der Waals surface area (Å²) in [7, 11) is 0. The third-order valence-corrected chi connectivity index (χ3v) is 4.42. The summed E-state index contributed by atoms with van der Waals surface area (Å²) in [5.74, 6) is 0.561. The standard InChI is InChI=1S/C14H19N3O4/c1-10-4-5-14(7-10,9-15)8-11-2-3-12(16(18)19)6-13(11)17(20)21/h2-3,6,10H,4-5,7-9,15H2,1H3. The van der Waals surface area contributed by atoms with Gasteiger partial charge in [0.05, 0.1) is 15.9 Å². The molecular formula is C14H19N3O4. The van der Waals surface area contributed by atoms with E-state index in [1.807, 2.05) is 0 Å². The number of hydrogen-bond acceptors (Lipinski definition) is 5. The van der Waals surface area contributed by atoms with E-state index in [4.69, 9.17) is 5.73 Å². The quantitative estimate of drug-likeness (QED) is 0.662. The van der Waals surface area contributed by atoms with Crippen LogP contribution in [0.15, 0.2) is 18.2 Å². The molecule has 0 saturated heterocycles. The van der Waals surface area contributed by atoms with Crippen LogP contribution < -0.4 is 5.73 Å². The van der Waals surface area contributed by atoms with Crippen molar-refractivity contribution in [3.63, 3.8) is 0 Å². The highest BCUT2D eigenvalue weighted by atomic mass is 16.6. The maximum atomic E-state index is 11.2. The van der Waals surface area contributed by atoms with Crippen LogP contribution in [0.1, 0.15) is 31.7 Å². The van der Waals surface area contributed by atoms with Crippen LogP contribution in [0.5, 0.6) is 0 Å². The molecule has 0 spiro atoms. The number of hydrogen-bond donors (Lipinski definition) is 1. The fraction of sp³-hybridized carbons (Fsp3) is 0.571. The summed E-state index contributed by atoms with van der Waals surface area (Å²) >= 11 is 0. The van der Waals surface area contributed by atoms with Gasteiger partial charge in [0.15, 0.2) is 0 Å². The number of nitro groups is 2. The zero-order chi connectivity index (χ0) is 15.6. The van der Waals surface area contributed by atoms with Crippen molar-refractivity contribution in [1.82, 2.24) is 0 Å². The van der Waals surface area contributed by atoms with E-state index in [-0.39, 0.29) is 16.8 Å². The molecule has 0 heterocycles. The summed E-state index contributed by atoms with van der Waals surface area (Å²) in [6, 6.07) is 3.86. The molecule has 0 amide bonds. The van der Waals surface area contributed by atoms with Gasteiger partial charge in [0.25, 0.3) is 11.4 Å². The molecule has 7 nitrogen and oxygen atoms in total. The van der Waals surface area contributed by atoms with Crippen LogP contribution in [-0.4, -0.2) is 16.4 Å². The summed E-state index contributed by atoms with van der Waals surface area (Å²) in [5.41, 5.74) is 5.87. The lowest BCUT2D eigenvalue weighted by atomic mass is 9.79. The van der Waals surface area contributed by atoms with Gasteiger partial charge in [0.2, 0.25) is 0 Å². The minimum atomic E-state index is -0.618. The van der Waals surface area contributed by atoms with Crippen molar-refractivity contribution < 1.29 is 9.85 Å². The van der Waals surface area contributed by atoms with Crippen LogP contribution >= 0.6 is 0 Å². The molecule has 0 bridgehead atoms. The van der Waals surface area contributed by atoms with Gasteiger partial charge in [-0.2, -0.15) is 0 Å². The SMILES string of the molecule is CC1CCC(CN)(Cc2ccc([N+](=O)[O-])cc2[N+](=O)[O-])C1. The molecular weight excluding hydrogens is 274 g/mol. The summed E-state index contributed by atoms with van der Waals surface area (Å²) in [6.45, 7) is 2.63. The Morgan fingerprint density at radius 1 is 1.33 bits per heavy atom. The van der Waals surface area contributed by atoms with Gasteiger partial charge < -0.3 is 5.73 Å². The molecule has 2 unspecified atom stereocenters. The third kappa shape index (κ3) is 3.18. The van der Waals surface area contributed by atoms with E-state index >= 15 is 0 Å². The molecule has 0 aromatic heterocycles. The molecule has 21 heavy (non-hydrogen) atoms. The topological polar surface area (TPSA) is 112 Å². The van der Waals surface area contributed by atoms with Gasteiger partial charge in [0.1, 0.15) is 0 Å². The molecule has 2 rings (SSSR count). The number of nitrogens with two attached hydrogens (primary N) is 1. The first-order valence-corrected chi connectivity index (χ1v) is 6.99. The zero-order valence-electron chi connectivity index (χ0n) is 11.9. The van der Waals surface area contributed by atoms with E-state index in [1.54, 1.807) is 0 Å². The molecule has 1 aliphatic carbocycles. The van der Waals surface area contributed by atoms with E-state index in [0.29, 0.717) is 24.4 Å². The monoisotopic (exact) mass is 293 g/mol. The van der Waals surface area contributed by atoms with Crippen molar-refractivity contribution in [2.45, 2.75) is 32.6 Å². The van der Waals surface area contributed by atoms with Crippen LogP contribution in [0, 0.1) is 31.6 Å². The lowest BCUT2D eigenvalue weighted by Crippen LogP contribution is -2.30. The molecule has 7 heteroatoms. The Morgan fingerprint density at radius 2 is 2.05 bits per heavy atom. The van der Waals surface area contributed by atoms with Crippen molar-refractivity contribution >= 4 is 11.4 Å². The fourth-order valence-electron chi connectivity index (χ4n) is 3.30. The summed E-state index contributed by atoms with van der Waals surface area (Å²) in [5, 5.41) is 21.9. The maximum absolute atomic E-state index is 11.2. The third-order valence-electron chi connectivity index (χ3n) is 4.42. The highest BCUT2D eigenvalue weighted by Gasteiger charge is 2.38. The predicted molar refractivity (Wildman–Crippen MR) is 78.0 cm³/mol. The highest BCUT2D eigenvalue weighted by molar-refractivity contribution is 5.49. The minimum Gasteiger partial charge on any atom is -0.330 e. The molecule has 114 valence electrons. The van der Waals surface area contributed by atoms with Gasteiger partial charge in [-0.3, -0.25) is 20.2 Å². The Balaban J connectivity index is 2.35. The minimum absolute atomic E-state index is 0.125. The number of nitrogens with zero attached hydrogens (tertiary/aromatic N) is 2. The lowest BCUT2D eigenvalue weighted by Gasteiger charge is -2.27. The second-order valence-electron chi connectivity index (χ2n) is 6.06. The second-order valence-corrected chi connectivity index (χ2v) is 6.06. The average Bonchev–Trinajstić information content (AvgIpc) is 2.80. The first kappa shape index (κ1) is 15.4. The van der Waals surface area contributed by atoms with Crippen LogP contribution in [0.4, 0.5) is 11.4 Å². The normalized spacial score (nSPS) is 25.0. The predicted octanol–water partition coefficient (Wildman–Crippen LogP) is 2.81. The zero-order valence-corrected chi connectivity index (χ0v) is 11.9. The molecule has 2 N–H and O–H groups in total. The first-order valence-electron chi connectivity index (χ1n) is 6.99. The van der Waals surface area contributed by atoms with Crippen molar-refractivity contribution in [1.29, 1.82) is 0 Å². The van der Waals surface area contributed by atoms with Crippen LogP contribution in [0.25, 0.3) is 0 Å². The fourth-order valence-corrected chi connectivity index (χ4v) is 3.30. The largest absolute Gasteiger partial charge is 0.330 e. The highest BCUT2D eigenvalue weighted by Crippen LogP contribution is 2.44. The van der Waals surface area contributed by atoms with Crippen molar-refractivity contribution in [3.05, 3.63) is 44.0 Å². The number of non-ortho nitro benzene ring substituents is 1. The first-order chi connectivity index (χ1) is 9.87.